The van der Waals surface area contributed by atoms with Crippen LogP contribution in [-0.4, -0.2) is 24.7 Å². The maximum absolute atomic E-state index is 10.5. The SMILES string of the molecule is NC(=O)CCNCCCSc1ccccc1. The van der Waals surface area contributed by atoms with Gasteiger partial charge in [-0.1, -0.05) is 18.2 Å². The molecule has 16 heavy (non-hydrogen) atoms. The highest BCUT2D eigenvalue weighted by molar-refractivity contribution is 7.99. The highest BCUT2D eigenvalue weighted by atomic mass is 32.2. The molecule has 0 spiro atoms. The smallest absolute Gasteiger partial charge is 0.218 e. The lowest BCUT2D eigenvalue weighted by atomic mass is 10.4. The Hall–Kier alpha value is -1.00. The van der Waals surface area contributed by atoms with E-state index in [1.54, 1.807) is 0 Å². The fraction of sp³-hybridized carbons (Fsp3) is 0.417. The molecule has 3 N–H and O–H groups in total. The second kappa shape index (κ2) is 8.19. The van der Waals surface area contributed by atoms with Crippen LogP contribution >= 0.6 is 11.8 Å². The third-order valence-electron chi connectivity index (χ3n) is 2.06. The summed E-state index contributed by atoms with van der Waals surface area (Å²) in [6.07, 6.45) is 1.52. The summed E-state index contributed by atoms with van der Waals surface area (Å²) in [5.41, 5.74) is 5.03. The van der Waals surface area contributed by atoms with Gasteiger partial charge < -0.3 is 11.1 Å². The van der Waals surface area contributed by atoms with Gasteiger partial charge in [0.05, 0.1) is 0 Å². The molecule has 0 atom stereocenters. The van der Waals surface area contributed by atoms with E-state index in [-0.39, 0.29) is 5.91 Å². The average molecular weight is 238 g/mol. The minimum atomic E-state index is -0.244. The van der Waals surface area contributed by atoms with Crippen molar-refractivity contribution in [3.63, 3.8) is 0 Å². The molecule has 0 saturated heterocycles. The van der Waals surface area contributed by atoms with Gasteiger partial charge in [0.2, 0.25) is 5.91 Å². The minimum absolute atomic E-state index is 0.244. The topological polar surface area (TPSA) is 55.1 Å². The molecule has 1 aromatic rings. The number of carbonyl (C=O) groups is 1. The number of primary amides is 1. The van der Waals surface area contributed by atoms with Crippen LogP contribution in [0.1, 0.15) is 12.8 Å². The van der Waals surface area contributed by atoms with E-state index in [0.29, 0.717) is 13.0 Å². The summed E-state index contributed by atoms with van der Waals surface area (Å²) in [6.45, 7) is 1.62. The van der Waals surface area contributed by atoms with Crippen molar-refractivity contribution in [3.8, 4) is 0 Å². The van der Waals surface area contributed by atoms with Crippen LogP contribution in [0.15, 0.2) is 35.2 Å². The largest absolute Gasteiger partial charge is 0.370 e. The van der Waals surface area contributed by atoms with Gasteiger partial charge in [0.1, 0.15) is 0 Å². The van der Waals surface area contributed by atoms with E-state index in [4.69, 9.17) is 5.73 Å². The van der Waals surface area contributed by atoms with E-state index < -0.39 is 0 Å². The van der Waals surface area contributed by atoms with Gasteiger partial charge in [-0.25, -0.2) is 0 Å². The van der Waals surface area contributed by atoms with Gasteiger partial charge >= 0.3 is 0 Å². The monoisotopic (exact) mass is 238 g/mol. The summed E-state index contributed by atoms with van der Waals surface area (Å²) in [4.78, 5) is 11.8. The number of amides is 1. The summed E-state index contributed by atoms with van der Waals surface area (Å²) in [5.74, 6) is 0.847. The van der Waals surface area contributed by atoms with Gasteiger partial charge in [-0.3, -0.25) is 4.79 Å². The highest BCUT2D eigenvalue weighted by Crippen LogP contribution is 2.17. The third-order valence-corrected chi connectivity index (χ3v) is 3.16. The summed E-state index contributed by atoms with van der Waals surface area (Å²) in [6, 6.07) is 10.4. The number of nitrogens with two attached hydrogens (primary N) is 1. The first-order valence-electron chi connectivity index (χ1n) is 5.46. The normalized spacial score (nSPS) is 10.2. The molecule has 0 aromatic heterocycles. The van der Waals surface area contributed by atoms with E-state index in [1.807, 2.05) is 30.0 Å². The van der Waals surface area contributed by atoms with Crippen molar-refractivity contribution in [1.82, 2.24) is 5.32 Å². The molecular formula is C12H18N2OS. The number of hydrogen-bond acceptors (Lipinski definition) is 3. The van der Waals surface area contributed by atoms with Crippen molar-refractivity contribution < 1.29 is 4.79 Å². The standard InChI is InChI=1S/C12H18N2OS/c13-12(15)7-9-14-8-4-10-16-11-5-2-1-3-6-11/h1-3,5-6,14H,4,7-10H2,(H2,13,15). The summed E-state index contributed by atoms with van der Waals surface area (Å²) >= 11 is 1.85. The molecule has 0 unspecified atom stereocenters. The second-order valence-corrected chi connectivity index (χ2v) is 4.65. The fourth-order valence-corrected chi connectivity index (χ4v) is 2.11. The summed E-state index contributed by atoms with van der Waals surface area (Å²) in [5, 5.41) is 3.19. The Morgan fingerprint density at radius 3 is 2.69 bits per heavy atom. The predicted octanol–water partition coefficient (Wildman–Crippen LogP) is 1.63. The maximum Gasteiger partial charge on any atom is 0.218 e. The molecule has 0 heterocycles. The Morgan fingerprint density at radius 2 is 2.00 bits per heavy atom. The van der Waals surface area contributed by atoms with Gasteiger partial charge in [-0.2, -0.15) is 0 Å². The van der Waals surface area contributed by atoms with Crippen LogP contribution in [0.2, 0.25) is 0 Å². The third kappa shape index (κ3) is 6.48. The summed E-state index contributed by atoms with van der Waals surface area (Å²) < 4.78 is 0. The number of rotatable bonds is 8. The molecule has 0 saturated carbocycles. The zero-order valence-corrected chi connectivity index (χ0v) is 10.1. The Bertz CT molecular complexity index is 303. The second-order valence-electron chi connectivity index (χ2n) is 3.48. The number of hydrogen-bond donors (Lipinski definition) is 2. The van der Waals surface area contributed by atoms with Crippen LogP contribution in [0.4, 0.5) is 0 Å². The van der Waals surface area contributed by atoms with Crippen LogP contribution < -0.4 is 11.1 Å². The molecule has 0 fully saturated rings. The lowest BCUT2D eigenvalue weighted by molar-refractivity contribution is -0.117. The molecule has 0 bridgehead atoms. The molecular weight excluding hydrogens is 220 g/mol. The lowest BCUT2D eigenvalue weighted by Gasteiger charge is -2.03. The molecule has 4 heteroatoms. The molecule has 1 amide bonds. The number of carbonyl (C=O) groups excluding carboxylic acids is 1. The minimum Gasteiger partial charge on any atom is -0.370 e. The maximum atomic E-state index is 10.5. The van der Waals surface area contributed by atoms with Crippen molar-refractivity contribution in [2.45, 2.75) is 17.7 Å². The highest BCUT2D eigenvalue weighted by Gasteiger charge is 1.94. The summed E-state index contributed by atoms with van der Waals surface area (Å²) in [7, 11) is 0. The molecule has 0 aliphatic heterocycles. The van der Waals surface area contributed by atoms with E-state index in [1.165, 1.54) is 4.90 Å². The quantitative estimate of drug-likeness (QED) is 0.534. The number of benzene rings is 1. The van der Waals surface area contributed by atoms with E-state index in [0.717, 1.165) is 18.7 Å². The van der Waals surface area contributed by atoms with Crippen molar-refractivity contribution in [3.05, 3.63) is 30.3 Å². The molecule has 0 aliphatic rings. The zero-order chi connectivity index (χ0) is 11.6. The molecule has 0 aliphatic carbocycles. The lowest BCUT2D eigenvalue weighted by Crippen LogP contribution is -2.23. The Kier molecular flexibility index (Phi) is 6.69. The van der Waals surface area contributed by atoms with Crippen LogP contribution in [0.5, 0.6) is 0 Å². The van der Waals surface area contributed by atoms with Crippen molar-refractivity contribution >= 4 is 17.7 Å². The van der Waals surface area contributed by atoms with E-state index in [9.17, 15) is 4.79 Å². The van der Waals surface area contributed by atoms with Gasteiger partial charge in [0, 0.05) is 17.9 Å². The van der Waals surface area contributed by atoms with Crippen molar-refractivity contribution in [2.75, 3.05) is 18.8 Å². The van der Waals surface area contributed by atoms with Crippen molar-refractivity contribution in [1.29, 1.82) is 0 Å². The number of thioether (sulfide) groups is 1. The van der Waals surface area contributed by atoms with Gasteiger partial charge in [-0.05, 0) is 30.9 Å². The zero-order valence-electron chi connectivity index (χ0n) is 9.32. The van der Waals surface area contributed by atoms with E-state index in [2.05, 4.69) is 17.4 Å². The number of nitrogens with one attached hydrogen (secondary N) is 1. The Balaban J connectivity index is 1.94. The van der Waals surface area contributed by atoms with Gasteiger partial charge in [0.15, 0.2) is 0 Å². The van der Waals surface area contributed by atoms with Crippen LogP contribution in [-0.2, 0) is 4.79 Å². The molecule has 3 nitrogen and oxygen atoms in total. The van der Waals surface area contributed by atoms with Crippen LogP contribution in [0.3, 0.4) is 0 Å². The van der Waals surface area contributed by atoms with Crippen LogP contribution in [0.25, 0.3) is 0 Å². The first-order valence-corrected chi connectivity index (χ1v) is 6.44. The van der Waals surface area contributed by atoms with Gasteiger partial charge in [-0.15, -0.1) is 11.8 Å². The average Bonchev–Trinajstić information content (AvgIpc) is 2.29. The molecule has 0 radical (unpaired) electrons. The molecule has 1 rings (SSSR count). The van der Waals surface area contributed by atoms with Crippen LogP contribution in [0, 0.1) is 0 Å². The molecule has 88 valence electrons. The van der Waals surface area contributed by atoms with E-state index >= 15 is 0 Å². The predicted molar refractivity (Wildman–Crippen MR) is 68.5 cm³/mol. The molecule has 1 aromatic carbocycles. The van der Waals surface area contributed by atoms with Gasteiger partial charge in [0.25, 0.3) is 0 Å². The Labute approximate surface area is 101 Å². The van der Waals surface area contributed by atoms with Crippen molar-refractivity contribution in [2.24, 2.45) is 5.73 Å². The first-order chi connectivity index (χ1) is 7.79. The fourth-order valence-electron chi connectivity index (χ4n) is 1.24. The first kappa shape index (κ1) is 13.1. The Morgan fingerprint density at radius 1 is 1.25 bits per heavy atom.